The second kappa shape index (κ2) is 8.46. The highest BCUT2D eigenvalue weighted by molar-refractivity contribution is 5.68. The molecule has 0 atom stereocenters. The minimum Gasteiger partial charge on any atom is -0.493 e. The van der Waals surface area contributed by atoms with E-state index < -0.39 is 4.92 Å². The van der Waals surface area contributed by atoms with Gasteiger partial charge in [0.1, 0.15) is 5.69 Å². The van der Waals surface area contributed by atoms with Gasteiger partial charge in [-0.15, -0.1) is 5.10 Å². The van der Waals surface area contributed by atoms with E-state index in [1.54, 1.807) is 35.1 Å². The molecule has 0 N–H and O–H groups in total. The molecule has 1 heterocycles. The van der Waals surface area contributed by atoms with Gasteiger partial charge in [-0.3, -0.25) is 10.1 Å². The van der Waals surface area contributed by atoms with E-state index in [0.29, 0.717) is 35.1 Å². The van der Waals surface area contributed by atoms with E-state index in [0.717, 1.165) is 5.56 Å². The predicted molar refractivity (Wildman–Crippen MR) is 104 cm³/mol. The van der Waals surface area contributed by atoms with Crippen molar-refractivity contribution in [3.05, 3.63) is 52.2 Å². The average molecular weight is 400 g/mol. The maximum absolute atomic E-state index is 11.2. The van der Waals surface area contributed by atoms with E-state index in [9.17, 15) is 10.1 Å². The maximum atomic E-state index is 11.2. The van der Waals surface area contributed by atoms with E-state index in [2.05, 4.69) is 10.3 Å². The van der Waals surface area contributed by atoms with Gasteiger partial charge in [0.2, 0.25) is 5.75 Å². The van der Waals surface area contributed by atoms with Gasteiger partial charge in [-0.05, 0) is 23.8 Å². The Kier molecular flexibility index (Phi) is 5.82. The summed E-state index contributed by atoms with van der Waals surface area (Å²) < 4.78 is 22.7. The molecule has 29 heavy (non-hydrogen) atoms. The van der Waals surface area contributed by atoms with Crippen LogP contribution in [0.3, 0.4) is 0 Å². The predicted octanol–water partition coefficient (Wildman–Crippen LogP) is 2.94. The van der Waals surface area contributed by atoms with Gasteiger partial charge in [-0.25, -0.2) is 4.68 Å². The van der Waals surface area contributed by atoms with Crippen LogP contribution in [0.4, 0.5) is 5.69 Å². The normalized spacial score (nSPS) is 10.5. The smallest absolute Gasteiger partial charge is 0.311 e. The summed E-state index contributed by atoms with van der Waals surface area (Å²) >= 11 is 0. The molecule has 0 unspecified atom stereocenters. The van der Waals surface area contributed by atoms with Crippen LogP contribution >= 0.6 is 0 Å². The van der Waals surface area contributed by atoms with Gasteiger partial charge in [0.25, 0.3) is 0 Å². The number of rotatable bonds is 8. The molecule has 0 aliphatic carbocycles. The summed E-state index contributed by atoms with van der Waals surface area (Å²) in [5, 5.41) is 19.5. The zero-order valence-electron chi connectivity index (χ0n) is 16.4. The van der Waals surface area contributed by atoms with Crippen molar-refractivity contribution in [2.75, 3.05) is 28.4 Å². The molecular formula is C19H20N4O6. The minimum atomic E-state index is -0.481. The molecule has 0 fully saturated rings. The SMILES string of the molecule is COc1ccc(Cn2cc(-c3cc(OC)c(OC)c(OC)c3)nn2)cc1[N+](=O)[O-]. The van der Waals surface area contributed by atoms with Crippen LogP contribution in [-0.2, 0) is 6.54 Å². The van der Waals surface area contributed by atoms with Crippen molar-refractivity contribution >= 4 is 5.69 Å². The van der Waals surface area contributed by atoms with E-state index >= 15 is 0 Å². The fraction of sp³-hybridized carbons (Fsp3) is 0.263. The maximum Gasteiger partial charge on any atom is 0.311 e. The fourth-order valence-electron chi connectivity index (χ4n) is 2.90. The number of hydrogen-bond acceptors (Lipinski definition) is 8. The molecule has 10 nitrogen and oxygen atoms in total. The number of aromatic nitrogens is 3. The summed E-state index contributed by atoms with van der Waals surface area (Å²) in [7, 11) is 6.00. The summed E-state index contributed by atoms with van der Waals surface area (Å²) in [5.41, 5.74) is 1.91. The van der Waals surface area contributed by atoms with Crippen LogP contribution in [0.1, 0.15) is 5.56 Å². The van der Waals surface area contributed by atoms with Crippen LogP contribution in [0.25, 0.3) is 11.3 Å². The largest absolute Gasteiger partial charge is 0.493 e. The zero-order chi connectivity index (χ0) is 21.0. The van der Waals surface area contributed by atoms with Crippen molar-refractivity contribution in [1.82, 2.24) is 15.0 Å². The highest BCUT2D eigenvalue weighted by Crippen LogP contribution is 2.40. The second-order valence-corrected chi connectivity index (χ2v) is 5.98. The Labute approximate surface area is 166 Å². The molecular weight excluding hydrogens is 380 g/mol. The van der Waals surface area contributed by atoms with Crippen molar-refractivity contribution in [3.8, 4) is 34.3 Å². The standard InChI is InChI=1S/C19H20N4O6/c1-26-16-6-5-12(7-15(16)23(24)25)10-22-11-14(20-21-22)13-8-17(27-2)19(29-4)18(9-13)28-3/h5-9,11H,10H2,1-4H3. The highest BCUT2D eigenvalue weighted by atomic mass is 16.6. The first kappa shape index (κ1) is 19.9. The third kappa shape index (κ3) is 4.05. The van der Waals surface area contributed by atoms with E-state index in [1.807, 2.05) is 0 Å². The fourth-order valence-corrected chi connectivity index (χ4v) is 2.90. The first-order valence-corrected chi connectivity index (χ1v) is 8.52. The van der Waals surface area contributed by atoms with Crippen LogP contribution in [0, 0.1) is 10.1 Å². The third-order valence-corrected chi connectivity index (χ3v) is 4.28. The highest BCUT2D eigenvalue weighted by Gasteiger charge is 2.17. The van der Waals surface area contributed by atoms with Crippen LogP contribution in [0.2, 0.25) is 0 Å². The van der Waals surface area contributed by atoms with E-state index in [-0.39, 0.29) is 11.4 Å². The van der Waals surface area contributed by atoms with Crippen LogP contribution in [0.5, 0.6) is 23.0 Å². The van der Waals surface area contributed by atoms with Gasteiger partial charge < -0.3 is 18.9 Å². The lowest BCUT2D eigenvalue weighted by Gasteiger charge is -2.13. The quantitative estimate of drug-likeness (QED) is 0.419. The molecule has 0 bridgehead atoms. The summed E-state index contributed by atoms with van der Waals surface area (Å²) in [6.07, 6.45) is 1.73. The number of nitro benzene ring substituents is 1. The Balaban J connectivity index is 1.90. The number of nitro groups is 1. The molecule has 0 amide bonds. The van der Waals surface area contributed by atoms with Crippen molar-refractivity contribution in [1.29, 1.82) is 0 Å². The van der Waals surface area contributed by atoms with Gasteiger partial charge in [0, 0.05) is 11.6 Å². The van der Waals surface area contributed by atoms with Gasteiger partial charge in [-0.1, -0.05) is 11.3 Å². The van der Waals surface area contributed by atoms with Crippen molar-refractivity contribution in [3.63, 3.8) is 0 Å². The Morgan fingerprint density at radius 3 is 2.17 bits per heavy atom. The molecule has 0 aliphatic rings. The van der Waals surface area contributed by atoms with Crippen molar-refractivity contribution < 1.29 is 23.9 Å². The number of hydrogen-bond donors (Lipinski definition) is 0. The number of ether oxygens (including phenoxy) is 4. The minimum absolute atomic E-state index is 0.102. The van der Waals surface area contributed by atoms with Gasteiger partial charge in [0.05, 0.1) is 46.1 Å². The van der Waals surface area contributed by atoms with Crippen LogP contribution in [0.15, 0.2) is 36.5 Å². The summed E-state index contributed by atoms with van der Waals surface area (Å²) in [4.78, 5) is 10.7. The summed E-state index contributed by atoms with van der Waals surface area (Å²) in [5.74, 6) is 1.69. The van der Waals surface area contributed by atoms with Crippen molar-refractivity contribution in [2.24, 2.45) is 0 Å². The molecule has 0 saturated heterocycles. The third-order valence-electron chi connectivity index (χ3n) is 4.28. The first-order chi connectivity index (χ1) is 14.0. The molecule has 152 valence electrons. The Bertz CT molecular complexity index is 1010. The van der Waals surface area contributed by atoms with Crippen LogP contribution in [-0.4, -0.2) is 48.4 Å². The van der Waals surface area contributed by atoms with Crippen molar-refractivity contribution in [2.45, 2.75) is 6.54 Å². The topological polar surface area (TPSA) is 111 Å². The molecule has 3 aromatic rings. The Morgan fingerprint density at radius 1 is 0.966 bits per heavy atom. The zero-order valence-corrected chi connectivity index (χ0v) is 16.4. The number of benzene rings is 2. The van der Waals surface area contributed by atoms with Gasteiger partial charge in [0.15, 0.2) is 17.2 Å². The van der Waals surface area contributed by atoms with E-state index in [1.165, 1.54) is 34.5 Å². The lowest BCUT2D eigenvalue weighted by atomic mass is 10.1. The Hall–Kier alpha value is -3.82. The molecule has 3 rings (SSSR count). The van der Waals surface area contributed by atoms with Gasteiger partial charge >= 0.3 is 5.69 Å². The van der Waals surface area contributed by atoms with Gasteiger partial charge in [-0.2, -0.15) is 0 Å². The lowest BCUT2D eigenvalue weighted by Crippen LogP contribution is -2.02. The monoisotopic (exact) mass is 400 g/mol. The number of methoxy groups -OCH3 is 4. The summed E-state index contributed by atoms with van der Waals surface area (Å²) in [6, 6.07) is 8.30. The lowest BCUT2D eigenvalue weighted by molar-refractivity contribution is -0.385. The molecule has 0 radical (unpaired) electrons. The van der Waals surface area contributed by atoms with Crippen LogP contribution < -0.4 is 18.9 Å². The number of nitrogens with zero attached hydrogens (tertiary/aromatic N) is 4. The second-order valence-electron chi connectivity index (χ2n) is 5.98. The molecule has 10 heteroatoms. The molecule has 0 spiro atoms. The average Bonchev–Trinajstić information content (AvgIpc) is 3.20. The molecule has 1 aromatic heterocycles. The first-order valence-electron chi connectivity index (χ1n) is 8.52. The van der Waals surface area contributed by atoms with E-state index in [4.69, 9.17) is 18.9 Å². The molecule has 0 aliphatic heterocycles. The molecule has 0 saturated carbocycles. The Morgan fingerprint density at radius 2 is 1.62 bits per heavy atom. The molecule has 2 aromatic carbocycles. The summed E-state index contributed by atoms with van der Waals surface area (Å²) in [6.45, 7) is 0.308.